The van der Waals surface area contributed by atoms with Gasteiger partial charge >= 0.3 is 0 Å². The fourth-order valence-electron chi connectivity index (χ4n) is 3.45. The number of benzene rings is 2. The Hall–Kier alpha value is -2.58. The molecule has 1 aliphatic heterocycles. The minimum absolute atomic E-state index is 0.0120. The highest BCUT2D eigenvalue weighted by Gasteiger charge is 2.33. The molecule has 1 amide bonds. The Kier molecular flexibility index (Phi) is 5.62. The van der Waals surface area contributed by atoms with Gasteiger partial charge in [-0.1, -0.05) is 18.2 Å². The van der Waals surface area contributed by atoms with Gasteiger partial charge in [0.15, 0.2) is 11.5 Å². The smallest absolute Gasteiger partial charge is 0.243 e. The van der Waals surface area contributed by atoms with Crippen molar-refractivity contribution in [1.29, 1.82) is 0 Å². The number of likely N-dealkylation sites (N-methyl/N-ethyl adjacent to an activating group) is 1. The Bertz CT molecular complexity index is 990. The summed E-state index contributed by atoms with van der Waals surface area (Å²) in [5.74, 6) is 0.483. The maximum Gasteiger partial charge on any atom is 0.243 e. The maximum atomic E-state index is 12.9. The Morgan fingerprint density at radius 2 is 1.82 bits per heavy atom. The predicted octanol–water partition coefficient (Wildman–Crippen LogP) is 2.30. The van der Waals surface area contributed by atoms with Crippen LogP contribution >= 0.6 is 0 Å². The molecular weight excluding hydrogens is 380 g/mol. The molecule has 0 aromatic heterocycles. The summed E-state index contributed by atoms with van der Waals surface area (Å²) in [6, 6.07) is 12.0. The van der Waals surface area contributed by atoms with Crippen LogP contribution in [0.3, 0.4) is 0 Å². The second-order valence-electron chi connectivity index (χ2n) is 6.72. The molecule has 0 N–H and O–H groups in total. The van der Waals surface area contributed by atoms with Gasteiger partial charge in [-0.05, 0) is 37.1 Å². The van der Waals surface area contributed by atoms with E-state index in [9.17, 15) is 13.2 Å². The Labute approximate surface area is 165 Å². The standard InChI is InChI=1S/C20H24N2O5S/c1-14-11-15-7-5-6-8-17(15)22(14)20(23)13-21(2)28(24,25)16-9-10-18(26-3)19(12-16)27-4/h5-10,12,14H,11,13H2,1-4H3/t14-/m1/s1. The highest BCUT2D eigenvalue weighted by molar-refractivity contribution is 7.89. The molecule has 0 saturated carbocycles. The first-order chi connectivity index (χ1) is 13.3. The lowest BCUT2D eigenvalue weighted by molar-refractivity contribution is -0.118. The number of rotatable bonds is 6. The number of methoxy groups -OCH3 is 2. The molecule has 28 heavy (non-hydrogen) atoms. The number of ether oxygens (including phenoxy) is 2. The summed E-state index contributed by atoms with van der Waals surface area (Å²) >= 11 is 0. The third kappa shape index (κ3) is 3.57. The van der Waals surface area contributed by atoms with E-state index in [-0.39, 0.29) is 23.4 Å². The summed E-state index contributed by atoms with van der Waals surface area (Å²) in [6.07, 6.45) is 0.758. The third-order valence-electron chi connectivity index (χ3n) is 4.90. The average molecular weight is 404 g/mol. The summed E-state index contributed by atoms with van der Waals surface area (Å²) in [4.78, 5) is 14.6. The first-order valence-corrected chi connectivity index (χ1v) is 10.3. The quantitative estimate of drug-likeness (QED) is 0.738. The van der Waals surface area contributed by atoms with Gasteiger partial charge in [-0.2, -0.15) is 4.31 Å². The van der Waals surface area contributed by atoms with E-state index < -0.39 is 10.0 Å². The summed E-state index contributed by atoms with van der Waals surface area (Å²) in [5, 5.41) is 0. The molecule has 0 fully saturated rings. The van der Waals surface area contributed by atoms with Crippen molar-refractivity contribution in [2.24, 2.45) is 0 Å². The van der Waals surface area contributed by atoms with E-state index >= 15 is 0 Å². The second-order valence-corrected chi connectivity index (χ2v) is 8.77. The normalized spacial score (nSPS) is 16.2. The Balaban J connectivity index is 1.82. The SMILES string of the molecule is COc1ccc(S(=O)(=O)N(C)CC(=O)N2c3ccccc3C[C@H]2C)cc1OC. The number of carbonyl (C=O) groups is 1. The summed E-state index contributed by atoms with van der Waals surface area (Å²) in [7, 11) is 0.450. The lowest BCUT2D eigenvalue weighted by atomic mass is 10.1. The molecule has 1 heterocycles. The monoisotopic (exact) mass is 404 g/mol. The van der Waals surface area contributed by atoms with Crippen LogP contribution in [0.5, 0.6) is 11.5 Å². The number of anilines is 1. The van der Waals surface area contributed by atoms with E-state index in [0.717, 1.165) is 22.0 Å². The van der Waals surface area contributed by atoms with Gasteiger partial charge in [-0.15, -0.1) is 0 Å². The molecule has 1 aliphatic rings. The van der Waals surface area contributed by atoms with Gasteiger partial charge in [0.2, 0.25) is 15.9 Å². The molecule has 150 valence electrons. The second kappa shape index (κ2) is 7.81. The molecule has 8 heteroatoms. The fraction of sp³-hybridized carbons (Fsp3) is 0.350. The molecule has 0 spiro atoms. The van der Waals surface area contributed by atoms with Crippen molar-refractivity contribution in [3.63, 3.8) is 0 Å². The zero-order valence-corrected chi connectivity index (χ0v) is 17.2. The van der Waals surface area contributed by atoms with Gasteiger partial charge in [0.1, 0.15) is 0 Å². The number of hydrogen-bond acceptors (Lipinski definition) is 5. The molecule has 0 saturated heterocycles. The molecule has 0 unspecified atom stereocenters. The predicted molar refractivity (Wildman–Crippen MR) is 106 cm³/mol. The molecule has 1 atom stereocenters. The van der Waals surface area contributed by atoms with Crippen LogP contribution in [0.1, 0.15) is 12.5 Å². The van der Waals surface area contributed by atoms with Crippen molar-refractivity contribution in [2.75, 3.05) is 32.7 Å². The van der Waals surface area contributed by atoms with E-state index in [4.69, 9.17) is 9.47 Å². The number of fused-ring (bicyclic) bond motifs is 1. The van der Waals surface area contributed by atoms with E-state index in [1.165, 1.54) is 39.5 Å². The van der Waals surface area contributed by atoms with Gasteiger partial charge in [-0.3, -0.25) is 4.79 Å². The highest BCUT2D eigenvalue weighted by atomic mass is 32.2. The number of para-hydroxylation sites is 1. The molecule has 7 nitrogen and oxygen atoms in total. The van der Waals surface area contributed by atoms with Crippen LogP contribution in [0, 0.1) is 0 Å². The molecule has 0 aliphatic carbocycles. The van der Waals surface area contributed by atoms with Gasteiger partial charge in [0.05, 0.1) is 25.7 Å². The van der Waals surface area contributed by atoms with Crippen LogP contribution < -0.4 is 14.4 Å². The highest BCUT2D eigenvalue weighted by Crippen LogP contribution is 2.33. The third-order valence-corrected chi connectivity index (χ3v) is 6.70. The summed E-state index contributed by atoms with van der Waals surface area (Å²) in [5.41, 5.74) is 1.94. The molecule has 0 radical (unpaired) electrons. The van der Waals surface area contributed by atoms with Crippen molar-refractivity contribution >= 4 is 21.6 Å². The number of hydrogen-bond donors (Lipinski definition) is 0. The van der Waals surface area contributed by atoms with Crippen molar-refractivity contribution < 1.29 is 22.7 Å². The van der Waals surface area contributed by atoms with Gasteiger partial charge in [0.25, 0.3) is 0 Å². The number of nitrogens with zero attached hydrogens (tertiary/aromatic N) is 2. The largest absolute Gasteiger partial charge is 0.493 e. The van der Waals surface area contributed by atoms with E-state index in [2.05, 4.69) is 0 Å². The van der Waals surface area contributed by atoms with E-state index in [1.54, 1.807) is 4.90 Å². The van der Waals surface area contributed by atoms with Gasteiger partial charge in [0, 0.05) is 24.8 Å². The van der Waals surface area contributed by atoms with Crippen molar-refractivity contribution in [3.8, 4) is 11.5 Å². The van der Waals surface area contributed by atoms with Gasteiger partial charge < -0.3 is 14.4 Å². The maximum absolute atomic E-state index is 12.9. The van der Waals surface area contributed by atoms with Gasteiger partial charge in [-0.25, -0.2) is 8.42 Å². The fourth-order valence-corrected chi connectivity index (χ4v) is 4.59. The minimum atomic E-state index is -3.87. The van der Waals surface area contributed by atoms with Crippen LogP contribution in [0.2, 0.25) is 0 Å². The molecule has 2 aromatic carbocycles. The van der Waals surface area contributed by atoms with Crippen LogP contribution in [0.25, 0.3) is 0 Å². The lowest BCUT2D eigenvalue weighted by Gasteiger charge is -2.25. The van der Waals surface area contributed by atoms with Crippen molar-refractivity contribution in [1.82, 2.24) is 4.31 Å². The van der Waals surface area contributed by atoms with Crippen LogP contribution in [0.15, 0.2) is 47.4 Å². The van der Waals surface area contributed by atoms with E-state index in [1.807, 2.05) is 31.2 Å². The summed E-state index contributed by atoms with van der Waals surface area (Å²) in [6.45, 7) is 1.70. The van der Waals surface area contributed by atoms with E-state index in [0.29, 0.717) is 11.5 Å². The average Bonchev–Trinajstić information content (AvgIpc) is 3.02. The van der Waals surface area contributed by atoms with Crippen LogP contribution in [-0.2, 0) is 21.2 Å². The zero-order valence-electron chi connectivity index (χ0n) is 16.4. The lowest BCUT2D eigenvalue weighted by Crippen LogP contribution is -2.43. The number of amides is 1. The van der Waals surface area contributed by atoms with Crippen LogP contribution in [0.4, 0.5) is 5.69 Å². The van der Waals surface area contributed by atoms with Crippen molar-refractivity contribution in [2.45, 2.75) is 24.3 Å². The molecule has 3 rings (SSSR count). The molecule has 2 aromatic rings. The topological polar surface area (TPSA) is 76.2 Å². The van der Waals surface area contributed by atoms with Crippen LogP contribution in [-0.4, -0.2) is 52.5 Å². The Morgan fingerprint density at radius 3 is 2.50 bits per heavy atom. The minimum Gasteiger partial charge on any atom is -0.493 e. The Morgan fingerprint density at radius 1 is 1.14 bits per heavy atom. The molecule has 0 bridgehead atoms. The van der Waals surface area contributed by atoms with Crippen molar-refractivity contribution in [3.05, 3.63) is 48.0 Å². The molecular formula is C20H24N2O5S. The number of carbonyl (C=O) groups excluding carboxylic acids is 1. The first-order valence-electron chi connectivity index (χ1n) is 8.88. The summed E-state index contributed by atoms with van der Waals surface area (Å²) < 4.78 is 37.3. The first kappa shape index (κ1) is 20.2. The zero-order chi connectivity index (χ0) is 20.5. The number of sulfonamides is 1.